The summed E-state index contributed by atoms with van der Waals surface area (Å²) in [7, 11) is -3.62. The van der Waals surface area contributed by atoms with E-state index in [2.05, 4.69) is 4.72 Å². The fourth-order valence-electron chi connectivity index (χ4n) is 2.72. The van der Waals surface area contributed by atoms with Crippen molar-refractivity contribution in [1.29, 1.82) is 0 Å². The van der Waals surface area contributed by atoms with Crippen LogP contribution in [0.2, 0.25) is 0 Å². The lowest BCUT2D eigenvalue weighted by molar-refractivity contribution is 0.601. The number of rotatable bonds is 3. The van der Waals surface area contributed by atoms with Gasteiger partial charge < -0.3 is 4.42 Å². The second-order valence-electron chi connectivity index (χ2n) is 5.73. The number of para-hydroxylation sites is 1. The standard InChI is InChI=1S/C19H15NO3S/c1-13-6-9-15(10-7-13)24(21,22)20-14-8-11-17-16-4-2-3-5-18(16)23-19(17)12-14/h2-12,20H,1H3. The van der Waals surface area contributed by atoms with Crippen LogP contribution in [-0.2, 0) is 10.0 Å². The number of anilines is 1. The lowest BCUT2D eigenvalue weighted by atomic mass is 10.1. The molecule has 3 aromatic carbocycles. The van der Waals surface area contributed by atoms with Crippen molar-refractivity contribution in [2.75, 3.05) is 4.72 Å². The maximum Gasteiger partial charge on any atom is 0.261 e. The van der Waals surface area contributed by atoms with E-state index in [-0.39, 0.29) is 4.90 Å². The Morgan fingerprint density at radius 1 is 0.833 bits per heavy atom. The Morgan fingerprint density at radius 2 is 1.54 bits per heavy atom. The van der Waals surface area contributed by atoms with Gasteiger partial charge in [0.1, 0.15) is 11.2 Å². The first kappa shape index (κ1) is 14.8. The third-order valence-electron chi connectivity index (χ3n) is 3.96. The van der Waals surface area contributed by atoms with Crippen LogP contribution in [0.5, 0.6) is 0 Å². The molecule has 4 nitrogen and oxygen atoms in total. The third kappa shape index (κ3) is 2.53. The largest absolute Gasteiger partial charge is 0.456 e. The van der Waals surface area contributed by atoms with Crippen LogP contribution in [0, 0.1) is 6.92 Å². The van der Waals surface area contributed by atoms with Crippen LogP contribution in [0.15, 0.2) is 76.0 Å². The number of fused-ring (bicyclic) bond motifs is 3. The molecule has 0 amide bonds. The van der Waals surface area contributed by atoms with Gasteiger partial charge in [-0.3, -0.25) is 4.72 Å². The molecule has 0 spiro atoms. The molecule has 0 atom stereocenters. The van der Waals surface area contributed by atoms with E-state index in [9.17, 15) is 8.42 Å². The summed E-state index contributed by atoms with van der Waals surface area (Å²) in [4.78, 5) is 0.234. The van der Waals surface area contributed by atoms with E-state index in [0.29, 0.717) is 11.3 Å². The van der Waals surface area contributed by atoms with Crippen LogP contribution in [0.1, 0.15) is 5.56 Å². The van der Waals surface area contributed by atoms with Crippen LogP contribution < -0.4 is 4.72 Å². The average Bonchev–Trinajstić information content (AvgIpc) is 2.92. The van der Waals surface area contributed by atoms with Gasteiger partial charge in [-0.25, -0.2) is 8.42 Å². The number of sulfonamides is 1. The summed E-state index contributed by atoms with van der Waals surface area (Å²) in [6.45, 7) is 1.92. The van der Waals surface area contributed by atoms with Gasteiger partial charge in [0.15, 0.2) is 0 Å². The van der Waals surface area contributed by atoms with Gasteiger partial charge in [-0.1, -0.05) is 35.9 Å². The molecule has 0 aliphatic heterocycles. The SMILES string of the molecule is Cc1ccc(S(=O)(=O)Nc2ccc3c(c2)oc2ccccc23)cc1. The summed E-state index contributed by atoms with van der Waals surface area (Å²) in [5.74, 6) is 0. The lowest BCUT2D eigenvalue weighted by Gasteiger charge is -2.08. The molecule has 4 aromatic rings. The van der Waals surface area contributed by atoms with Gasteiger partial charge in [0.25, 0.3) is 10.0 Å². The van der Waals surface area contributed by atoms with E-state index in [0.717, 1.165) is 21.9 Å². The maximum absolute atomic E-state index is 12.5. The summed E-state index contributed by atoms with van der Waals surface area (Å²) >= 11 is 0. The maximum atomic E-state index is 12.5. The summed E-state index contributed by atoms with van der Waals surface area (Å²) in [6, 6.07) is 19.8. The Bertz CT molecular complexity index is 1140. The fraction of sp³-hybridized carbons (Fsp3) is 0.0526. The molecule has 1 aromatic heterocycles. The molecule has 1 N–H and O–H groups in total. The molecule has 0 aliphatic carbocycles. The highest BCUT2D eigenvalue weighted by atomic mass is 32.2. The molecule has 4 rings (SSSR count). The number of aryl methyl sites for hydroxylation is 1. The topological polar surface area (TPSA) is 59.3 Å². The van der Waals surface area contributed by atoms with Crippen LogP contribution in [0.3, 0.4) is 0 Å². The molecule has 0 saturated heterocycles. The Hall–Kier alpha value is -2.79. The van der Waals surface area contributed by atoms with Gasteiger partial charge in [0, 0.05) is 16.8 Å². The first-order valence-electron chi connectivity index (χ1n) is 7.54. The summed E-state index contributed by atoms with van der Waals surface area (Å²) in [5, 5.41) is 1.98. The van der Waals surface area contributed by atoms with Crippen molar-refractivity contribution >= 4 is 37.6 Å². The molecular formula is C19H15NO3S. The normalized spacial score (nSPS) is 11.9. The second kappa shape index (κ2) is 5.39. The Morgan fingerprint density at radius 3 is 2.33 bits per heavy atom. The van der Waals surface area contributed by atoms with Crippen LogP contribution in [0.4, 0.5) is 5.69 Å². The highest BCUT2D eigenvalue weighted by Crippen LogP contribution is 2.30. The van der Waals surface area contributed by atoms with Crippen molar-refractivity contribution in [2.24, 2.45) is 0 Å². The number of nitrogens with one attached hydrogen (secondary N) is 1. The average molecular weight is 337 g/mol. The zero-order valence-electron chi connectivity index (χ0n) is 13.0. The Labute approximate surface area is 139 Å². The number of hydrogen-bond acceptors (Lipinski definition) is 3. The molecule has 0 bridgehead atoms. The Balaban J connectivity index is 1.74. The zero-order chi connectivity index (χ0) is 16.7. The van der Waals surface area contributed by atoms with E-state index < -0.39 is 10.0 Å². The molecule has 0 saturated carbocycles. The third-order valence-corrected chi connectivity index (χ3v) is 5.36. The van der Waals surface area contributed by atoms with Crippen LogP contribution in [0.25, 0.3) is 21.9 Å². The van der Waals surface area contributed by atoms with Gasteiger partial charge in [-0.05, 0) is 37.3 Å². The highest BCUT2D eigenvalue weighted by molar-refractivity contribution is 7.92. The predicted octanol–water partition coefficient (Wildman–Crippen LogP) is 4.70. The minimum absolute atomic E-state index is 0.234. The lowest BCUT2D eigenvalue weighted by Crippen LogP contribution is -2.12. The van der Waals surface area contributed by atoms with Crippen molar-refractivity contribution in [2.45, 2.75) is 11.8 Å². The monoisotopic (exact) mass is 337 g/mol. The van der Waals surface area contributed by atoms with E-state index in [1.54, 1.807) is 36.4 Å². The summed E-state index contributed by atoms with van der Waals surface area (Å²) in [6.07, 6.45) is 0. The Kier molecular flexibility index (Phi) is 3.32. The molecule has 0 unspecified atom stereocenters. The molecule has 24 heavy (non-hydrogen) atoms. The molecule has 1 heterocycles. The van der Waals surface area contributed by atoms with E-state index in [1.807, 2.05) is 37.3 Å². The van der Waals surface area contributed by atoms with Gasteiger partial charge in [0.05, 0.1) is 10.6 Å². The minimum Gasteiger partial charge on any atom is -0.456 e. The van der Waals surface area contributed by atoms with Crippen LogP contribution >= 0.6 is 0 Å². The van der Waals surface area contributed by atoms with Crippen LogP contribution in [-0.4, -0.2) is 8.42 Å². The number of furan rings is 1. The predicted molar refractivity (Wildman–Crippen MR) is 95.7 cm³/mol. The molecule has 120 valence electrons. The quantitative estimate of drug-likeness (QED) is 0.590. The van der Waals surface area contributed by atoms with Crippen molar-refractivity contribution in [3.05, 3.63) is 72.3 Å². The van der Waals surface area contributed by atoms with E-state index >= 15 is 0 Å². The van der Waals surface area contributed by atoms with Crippen molar-refractivity contribution in [3.63, 3.8) is 0 Å². The van der Waals surface area contributed by atoms with E-state index in [1.165, 1.54) is 0 Å². The molecule has 5 heteroatoms. The zero-order valence-corrected chi connectivity index (χ0v) is 13.8. The molecule has 0 aliphatic rings. The van der Waals surface area contributed by atoms with Crippen molar-refractivity contribution in [1.82, 2.24) is 0 Å². The number of hydrogen-bond donors (Lipinski definition) is 1. The first-order valence-corrected chi connectivity index (χ1v) is 9.02. The van der Waals surface area contributed by atoms with Gasteiger partial charge in [-0.15, -0.1) is 0 Å². The number of benzene rings is 3. The van der Waals surface area contributed by atoms with Crippen molar-refractivity contribution < 1.29 is 12.8 Å². The summed E-state index contributed by atoms with van der Waals surface area (Å²) < 4.78 is 33.4. The summed E-state index contributed by atoms with van der Waals surface area (Å²) in [5.41, 5.74) is 2.92. The van der Waals surface area contributed by atoms with E-state index in [4.69, 9.17) is 4.42 Å². The molecule has 0 radical (unpaired) electrons. The van der Waals surface area contributed by atoms with Crippen molar-refractivity contribution in [3.8, 4) is 0 Å². The first-order chi connectivity index (χ1) is 11.5. The molecular weight excluding hydrogens is 322 g/mol. The second-order valence-corrected chi connectivity index (χ2v) is 7.41. The van der Waals surface area contributed by atoms with Gasteiger partial charge >= 0.3 is 0 Å². The smallest absolute Gasteiger partial charge is 0.261 e. The van der Waals surface area contributed by atoms with Gasteiger partial charge in [-0.2, -0.15) is 0 Å². The van der Waals surface area contributed by atoms with Gasteiger partial charge in [0.2, 0.25) is 0 Å². The minimum atomic E-state index is -3.62. The highest BCUT2D eigenvalue weighted by Gasteiger charge is 2.15. The fourth-order valence-corrected chi connectivity index (χ4v) is 3.77. The molecule has 0 fully saturated rings.